The molecule has 0 aliphatic carbocycles. The number of ether oxygens (including phenoxy) is 2. The molecule has 1 aliphatic heterocycles. The number of nitrogens with zero attached hydrogens (tertiary/aromatic N) is 1. The maximum atomic E-state index is 12.1. The summed E-state index contributed by atoms with van der Waals surface area (Å²) in [5, 5.41) is 0. The van der Waals surface area contributed by atoms with Crippen molar-refractivity contribution in [2.45, 2.75) is 58.7 Å². The van der Waals surface area contributed by atoms with E-state index in [0.29, 0.717) is 19.7 Å². The Kier molecular flexibility index (Phi) is 5.90. The summed E-state index contributed by atoms with van der Waals surface area (Å²) < 4.78 is 11.4. The molecule has 1 saturated heterocycles. The molecule has 1 atom stereocenters. The molecule has 0 radical (unpaired) electrons. The molecule has 1 aliphatic rings. The Labute approximate surface area is 127 Å². The second-order valence-corrected chi connectivity index (χ2v) is 6.65. The molecule has 1 rings (SSSR count). The van der Waals surface area contributed by atoms with Crippen molar-refractivity contribution in [3.05, 3.63) is 11.1 Å². The van der Waals surface area contributed by atoms with Crippen molar-refractivity contribution in [3.8, 4) is 0 Å². The number of rotatable bonds is 4. The maximum Gasteiger partial charge on any atom is 0.410 e. The molecule has 1 fully saturated rings. The van der Waals surface area contributed by atoms with Crippen molar-refractivity contribution in [3.63, 3.8) is 0 Å². The summed E-state index contributed by atoms with van der Waals surface area (Å²) in [6.45, 7) is 11.4. The molecule has 0 spiro atoms. The number of hydrogen-bond acceptors (Lipinski definition) is 3. The van der Waals surface area contributed by atoms with Gasteiger partial charge in [0.25, 0.3) is 0 Å². The Morgan fingerprint density at radius 2 is 2.10 bits per heavy atom. The van der Waals surface area contributed by atoms with Crippen LogP contribution in [0.15, 0.2) is 11.1 Å². The van der Waals surface area contributed by atoms with Crippen molar-refractivity contribution in [2.75, 3.05) is 19.7 Å². The standard InChI is InChI=1S/C15H26ClNO3/c1-6-15(19-10-12(2)9-16)7-8-17(11-15)13(18)20-14(3,4)5/h9H,6-8,10-11H2,1-5H3. The summed E-state index contributed by atoms with van der Waals surface area (Å²) in [6.07, 6.45) is 1.43. The van der Waals surface area contributed by atoms with Gasteiger partial charge in [-0.1, -0.05) is 18.5 Å². The van der Waals surface area contributed by atoms with Crippen LogP contribution < -0.4 is 0 Å². The fourth-order valence-corrected chi connectivity index (χ4v) is 2.20. The van der Waals surface area contributed by atoms with E-state index in [-0.39, 0.29) is 11.7 Å². The van der Waals surface area contributed by atoms with Gasteiger partial charge in [-0.2, -0.15) is 0 Å². The molecular formula is C15H26ClNO3. The van der Waals surface area contributed by atoms with Crippen molar-refractivity contribution < 1.29 is 14.3 Å². The van der Waals surface area contributed by atoms with E-state index in [4.69, 9.17) is 21.1 Å². The van der Waals surface area contributed by atoms with Gasteiger partial charge in [-0.3, -0.25) is 0 Å². The predicted molar refractivity (Wildman–Crippen MR) is 81.0 cm³/mol. The van der Waals surface area contributed by atoms with Gasteiger partial charge in [0, 0.05) is 12.1 Å². The summed E-state index contributed by atoms with van der Waals surface area (Å²) in [7, 11) is 0. The van der Waals surface area contributed by atoms with Gasteiger partial charge in [-0.25, -0.2) is 4.79 Å². The Balaban J connectivity index is 2.60. The van der Waals surface area contributed by atoms with Crippen LogP contribution in [-0.4, -0.2) is 41.9 Å². The Bertz CT molecular complexity index is 376. The summed E-state index contributed by atoms with van der Waals surface area (Å²) in [6, 6.07) is 0. The minimum absolute atomic E-state index is 0.263. The lowest BCUT2D eigenvalue weighted by Crippen LogP contribution is -2.40. The van der Waals surface area contributed by atoms with Crippen LogP contribution in [-0.2, 0) is 9.47 Å². The van der Waals surface area contributed by atoms with E-state index in [0.717, 1.165) is 18.4 Å². The van der Waals surface area contributed by atoms with Gasteiger partial charge in [0.1, 0.15) is 5.60 Å². The Morgan fingerprint density at radius 3 is 2.60 bits per heavy atom. The molecule has 0 N–H and O–H groups in total. The van der Waals surface area contributed by atoms with Gasteiger partial charge in [0.2, 0.25) is 0 Å². The highest BCUT2D eigenvalue weighted by molar-refractivity contribution is 6.25. The van der Waals surface area contributed by atoms with Crippen molar-refractivity contribution in [2.24, 2.45) is 0 Å². The average Bonchev–Trinajstić information content (AvgIpc) is 2.79. The van der Waals surface area contributed by atoms with Crippen LogP contribution in [0.2, 0.25) is 0 Å². The third-order valence-electron chi connectivity index (χ3n) is 3.40. The number of carbonyl (C=O) groups is 1. The molecule has 1 amide bonds. The lowest BCUT2D eigenvalue weighted by Gasteiger charge is -2.29. The summed E-state index contributed by atoms with van der Waals surface area (Å²) in [5.74, 6) is 0. The van der Waals surface area contributed by atoms with Crippen LogP contribution in [0.4, 0.5) is 4.79 Å². The summed E-state index contributed by atoms with van der Waals surface area (Å²) in [5.41, 5.74) is 1.77. The quantitative estimate of drug-likeness (QED) is 0.789. The topological polar surface area (TPSA) is 38.8 Å². The van der Waals surface area contributed by atoms with E-state index in [1.807, 2.05) is 27.7 Å². The summed E-state index contributed by atoms with van der Waals surface area (Å²) in [4.78, 5) is 13.8. The van der Waals surface area contributed by atoms with Crippen LogP contribution in [0.1, 0.15) is 47.5 Å². The first kappa shape index (κ1) is 17.3. The highest BCUT2D eigenvalue weighted by Crippen LogP contribution is 2.30. The van der Waals surface area contributed by atoms with Crippen LogP contribution in [0.3, 0.4) is 0 Å². The smallest absolute Gasteiger partial charge is 0.410 e. The monoisotopic (exact) mass is 303 g/mol. The molecule has 0 aromatic carbocycles. The second-order valence-electron chi connectivity index (χ2n) is 6.43. The number of likely N-dealkylation sites (tertiary alicyclic amines) is 1. The highest BCUT2D eigenvalue weighted by Gasteiger charge is 2.40. The third-order valence-corrected chi connectivity index (χ3v) is 3.78. The van der Waals surface area contributed by atoms with Gasteiger partial charge in [0.15, 0.2) is 0 Å². The molecule has 0 aromatic heterocycles. The SMILES string of the molecule is CCC1(OCC(C)=CCl)CCN(C(=O)OC(C)(C)C)C1. The highest BCUT2D eigenvalue weighted by atomic mass is 35.5. The molecule has 0 saturated carbocycles. The molecule has 20 heavy (non-hydrogen) atoms. The van der Waals surface area contributed by atoms with Crippen molar-refractivity contribution in [1.82, 2.24) is 4.90 Å². The molecule has 4 nitrogen and oxygen atoms in total. The Hall–Kier alpha value is -0.740. The fourth-order valence-electron chi connectivity index (χ4n) is 2.13. The van der Waals surface area contributed by atoms with Crippen molar-refractivity contribution in [1.29, 1.82) is 0 Å². The molecule has 5 heteroatoms. The Morgan fingerprint density at radius 1 is 1.45 bits per heavy atom. The first-order valence-electron chi connectivity index (χ1n) is 7.09. The first-order valence-corrected chi connectivity index (χ1v) is 7.53. The van der Waals surface area contributed by atoms with Crippen LogP contribution in [0, 0.1) is 0 Å². The lowest BCUT2D eigenvalue weighted by molar-refractivity contribution is -0.0319. The molecular weight excluding hydrogens is 278 g/mol. The van der Waals surface area contributed by atoms with Gasteiger partial charge < -0.3 is 14.4 Å². The number of halogens is 1. The molecule has 1 heterocycles. The van der Waals surface area contributed by atoms with E-state index in [1.165, 1.54) is 5.54 Å². The van der Waals surface area contributed by atoms with Gasteiger partial charge in [0.05, 0.1) is 18.8 Å². The van der Waals surface area contributed by atoms with E-state index < -0.39 is 5.60 Å². The van der Waals surface area contributed by atoms with Crippen LogP contribution in [0.5, 0.6) is 0 Å². The average molecular weight is 304 g/mol. The van der Waals surface area contributed by atoms with Crippen LogP contribution in [0.25, 0.3) is 0 Å². The minimum atomic E-state index is -0.465. The normalized spacial score (nSPS) is 24.1. The molecule has 116 valence electrons. The minimum Gasteiger partial charge on any atom is -0.444 e. The summed E-state index contributed by atoms with van der Waals surface area (Å²) >= 11 is 5.65. The van der Waals surface area contributed by atoms with E-state index in [2.05, 4.69) is 6.92 Å². The van der Waals surface area contributed by atoms with E-state index in [9.17, 15) is 4.79 Å². The number of amides is 1. The van der Waals surface area contributed by atoms with Gasteiger partial charge >= 0.3 is 6.09 Å². The van der Waals surface area contributed by atoms with E-state index >= 15 is 0 Å². The second kappa shape index (κ2) is 6.81. The van der Waals surface area contributed by atoms with Gasteiger partial charge in [-0.05, 0) is 46.1 Å². The molecule has 0 aromatic rings. The van der Waals surface area contributed by atoms with Gasteiger partial charge in [-0.15, -0.1) is 0 Å². The van der Waals surface area contributed by atoms with E-state index in [1.54, 1.807) is 4.90 Å². The zero-order valence-electron chi connectivity index (χ0n) is 13.2. The number of hydrogen-bond donors (Lipinski definition) is 0. The maximum absolute atomic E-state index is 12.1. The third kappa shape index (κ3) is 4.98. The van der Waals surface area contributed by atoms with Crippen LogP contribution >= 0.6 is 11.6 Å². The molecule has 0 bridgehead atoms. The first-order chi connectivity index (χ1) is 9.21. The zero-order valence-corrected chi connectivity index (χ0v) is 13.9. The van der Waals surface area contributed by atoms with Crippen molar-refractivity contribution >= 4 is 17.7 Å². The zero-order chi connectivity index (χ0) is 15.4. The fraction of sp³-hybridized carbons (Fsp3) is 0.800. The lowest BCUT2D eigenvalue weighted by atomic mass is 10.00. The predicted octanol–water partition coefficient (Wildman–Crippen LogP) is 3.94. The molecule has 1 unspecified atom stereocenters. The number of carbonyl (C=O) groups excluding carboxylic acids is 1. The largest absolute Gasteiger partial charge is 0.444 e.